The average Bonchev–Trinajstić information content (AvgIpc) is 2.86. The largest absolute Gasteiger partial charge is 0.464 e. The van der Waals surface area contributed by atoms with Crippen LogP contribution in [-0.4, -0.2) is 4.98 Å². The summed E-state index contributed by atoms with van der Waals surface area (Å²) in [4.78, 5) is 4.32. The van der Waals surface area contributed by atoms with Crippen molar-refractivity contribution in [3.05, 3.63) is 60.5 Å². The minimum Gasteiger partial charge on any atom is -0.464 e. The fourth-order valence-electron chi connectivity index (χ4n) is 1.82. The number of pyridine rings is 1. The summed E-state index contributed by atoms with van der Waals surface area (Å²) < 4.78 is 5.33. The minimum absolute atomic E-state index is 0.762. The van der Waals surface area contributed by atoms with Crippen LogP contribution in [-0.2, 0) is 6.54 Å². The number of rotatable bonds is 3. The van der Waals surface area contributed by atoms with E-state index in [4.69, 9.17) is 4.42 Å². The van der Waals surface area contributed by atoms with Gasteiger partial charge < -0.3 is 9.73 Å². The Morgan fingerprint density at radius 2 is 1.94 bits per heavy atom. The molecular formula is C14H12N2O. The molecule has 0 radical (unpaired) electrons. The van der Waals surface area contributed by atoms with Crippen molar-refractivity contribution in [1.29, 1.82) is 0 Å². The van der Waals surface area contributed by atoms with Gasteiger partial charge in [-0.2, -0.15) is 0 Å². The maximum atomic E-state index is 5.33. The Morgan fingerprint density at radius 3 is 2.82 bits per heavy atom. The first kappa shape index (κ1) is 9.90. The molecule has 0 bridgehead atoms. The van der Waals surface area contributed by atoms with Crippen molar-refractivity contribution < 1.29 is 4.42 Å². The lowest BCUT2D eigenvalue weighted by atomic mass is 10.2. The molecule has 3 rings (SSSR count). The van der Waals surface area contributed by atoms with Gasteiger partial charge in [0.15, 0.2) is 0 Å². The summed E-state index contributed by atoms with van der Waals surface area (Å²) in [5.74, 6) is 0.861. The molecule has 2 heterocycles. The molecule has 0 saturated heterocycles. The zero-order valence-electron chi connectivity index (χ0n) is 9.26. The highest BCUT2D eigenvalue weighted by atomic mass is 16.3. The summed E-state index contributed by atoms with van der Waals surface area (Å²) in [7, 11) is 0. The molecule has 0 amide bonds. The molecule has 84 valence electrons. The molecule has 3 nitrogen and oxygen atoms in total. The lowest BCUT2D eigenvalue weighted by molar-refractivity contribution is 0.615. The first-order chi connectivity index (χ1) is 8.43. The van der Waals surface area contributed by atoms with E-state index in [0.717, 1.165) is 23.3 Å². The molecule has 3 aromatic rings. The predicted octanol–water partition coefficient (Wildman–Crippen LogP) is 3.44. The Labute approximate surface area is 99.1 Å². The number of benzene rings is 1. The predicted molar refractivity (Wildman–Crippen MR) is 67.8 cm³/mol. The highest BCUT2D eigenvalue weighted by Gasteiger charge is 2.03. The number of aromatic nitrogens is 1. The van der Waals surface area contributed by atoms with E-state index in [1.165, 1.54) is 5.56 Å². The molecule has 0 aliphatic heterocycles. The van der Waals surface area contributed by atoms with E-state index in [-0.39, 0.29) is 0 Å². The lowest BCUT2D eigenvalue weighted by Gasteiger charge is -2.06. The van der Waals surface area contributed by atoms with Crippen LogP contribution in [0.1, 0.15) is 5.56 Å². The Hall–Kier alpha value is -2.29. The van der Waals surface area contributed by atoms with Gasteiger partial charge in [0.05, 0.1) is 11.6 Å². The summed E-state index contributed by atoms with van der Waals surface area (Å²) >= 11 is 0. The number of anilines is 1. The summed E-state index contributed by atoms with van der Waals surface area (Å²) in [6, 6.07) is 14.0. The van der Waals surface area contributed by atoms with E-state index < -0.39 is 0 Å². The van der Waals surface area contributed by atoms with Crippen LogP contribution >= 0.6 is 0 Å². The second-order valence-corrected chi connectivity index (χ2v) is 3.83. The zero-order valence-corrected chi connectivity index (χ0v) is 9.26. The Kier molecular flexibility index (Phi) is 2.50. The second kappa shape index (κ2) is 4.29. The van der Waals surface area contributed by atoms with E-state index in [1.54, 1.807) is 12.5 Å². The molecule has 3 heteroatoms. The number of nitrogens with zero attached hydrogens (tertiary/aromatic N) is 1. The quantitative estimate of drug-likeness (QED) is 0.740. The molecule has 2 aromatic heterocycles. The first-order valence-electron chi connectivity index (χ1n) is 5.53. The van der Waals surface area contributed by atoms with Gasteiger partial charge in [0.25, 0.3) is 0 Å². The molecule has 1 aromatic carbocycles. The van der Waals surface area contributed by atoms with Crippen molar-refractivity contribution in [2.24, 2.45) is 0 Å². The van der Waals surface area contributed by atoms with Crippen LogP contribution in [0.25, 0.3) is 11.0 Å². The first-order valence-corrected chi connectivity index (χ1v) is 5.53. The van der Waals surface area contributed by atoms with Crippen molar-refractivity contribution in [3.63, 3.8) is 0 Å². The van der Waals surface area contributed by atoms with E-state index in [2.05, 4.69) is 22.4 Å². The third-order valence-electron chi connectivity index (χ3n) is 2.68. The van der Waals surface area contributed by atoms with Gasteiger partial charge in [-0.25, -0.2) is 4.98 Å². The van der Waals surface area contributed by atoms with E-state index in [9.17, 15) is 0 Å². The van der Waals surface area contributed by atoms with Crippen LogP contribution < -0.4 is 5.32 Å². The van der Waals surface area contributed by atoms with Crippen LogP contribution in [0.2, 0.25) is 0 Å². The van der Waals surface area contributed by atoms with Crippen molar-refractivity contribution in [2.45, 2.75) is 6.54 Å². The van der Waals surface area contributed by atoms with E-state index >= 15 is 0 Å². The summed E-state index contributed by atoms with van der Waals surface area (Å²) in [6.45, 7) is 0.762. The van der Waals surface area contributed by atoms with Crippen molar-refractivity contribution in [3.8, 4) is 0 Å². The number of furan rings is 1. The molecular weight excluding hydrogens is 212 g/mol. The van der Waals surface area contributed by atoms with Crippen LogP contribution in [0.3, 0.4) is 0 Å². The number of hydrogen-bond donors (Lipinski definition) is 1. The highest BCUT2D eigenvalue weighted by Crippen LogP contribution is 2.22. The van der Waals surface area contributed by atoms with Gasteiger partial charge in [0.2, 0.25) is 0 Å². The van der Waals surface area contributed by atoms with Crippen LogP contribution in [0.5, 0.6) is 0 Å². The molecule has 0 atom stereocenters. The molecule has 0 fully saturated rings. The number of nitrogens with one attached hydrogen (secondary N) is 1. The van der Waals surface area contributed by atoms with Crippen molar-refractivity contribution >= 4 is 16.8 Å². The lowest BCUT2D eigenvalue weighted by Crippen LogP contribution is -2.00. The fraction of sp³-hybridized carbons (Fsp3) is 0.0714. The molecule has 0 aliphatic rings. The molecule has 0 saturated carbocycles. The maximum Gasteiger partial charge on any atom is 0.139 e. The van der Waals surface area contributed by atoms with Gasteiger partial charge in [-0.15, -0.1) is 0 Å². The molecule has 0 spiro atoms. The molecule has 0 unspecified atom stereocenters. The molecule has 1 N–H and O–H groups in total. The van der Waals surface area contributed by atoms with Gasteiger partial charge in [-0.1, -0.05) is 30.3 Å². The summed E-state index contributed by atoms with van der Waals surface area (Å²) in [6.07, 6.45) is 3.43. The van der Waals surface area contributed by atoms with E-state index in [0.29, 0.717) is 0 Å². The molecule has 0 aliphatic carbocycles. The number of hydrogen-bond acceptors (Lipinski definition) is 3. The minimum atomic E-state index is 0.762. The van der Waals surface area contributed by atoms with Crippen molar-refractivity contribution in [1.82, 2.24) is 4.98 Å². The molecule has 17 heavy (non-hydrogen) atoms. The summed E-state index contributed by atoms with van der Waals surface area (Å²) in [5, 5.41) is 4.34. The monoisotopic (exact) mass is 224 g/mol. The summed E-state index contributed by atoms with van der Waals surface area (Å²) in [5.41, 5.74) is 2.09. The van der Waals surface area contributed by atoms with Gasteiger partial charge in [0.1, 0.15) is 11.4 Å². The highest BCUT2D eigenvalue weighted by molar-refractivity contribution is 5.87. The maximum absolute atomic E-state index is 5.33. The van der Waals surface area contributed by atoms with Gasteiger partial charge >= 0.3 is 0 Å². The van der Waals surface area contributed by atoms with Gasteiger partial charge in [-0.05, 0) is 17.7 Å². The SMILES string of the molecule is c1ccc(CNc2nccc3occc23)cc1. The second-order valence-electron chi connectivity index (χ2n) is 3.83. The Bertz CT molecular complexity index is 616. The van der Waals surface area contributed by atoms with Crippen LogP contribution in [0.4, 0.5) is 5.82 Å². The standard InChI is InChI=1S/C14H12N2O/c1-2-4-11(5-3-1)10-16-14-12-7-9-17-13(12)6-8-15-14/h1-9H,10H2,(H,15,16). The normalized spacial score (nSPS) is 10.6. The van der Waals surface area contributed by atoms with Crippen LogP contribution in [0.15, 0.2) is 59.3 Å². The van der Waals surface area contributed by atoms with Gasteiger partial charge in [-0.3, -0.25) is 0 Å². The van der Waals surface area contributed by atoms with Crippen LogP contribution in [0, 0.1) is 0 Å². The Morgan fingerprint density at radius 1 is 1.06 bits per heavy atom. The van der Waals surface area contributed by atoms with E-state index in [1.807, 2.05) is 30.3 Å². The third-order valence-corrected chi connectivity index (χ3v) is 2.68. The van der Waals surface area contributed by atoms with Gasteiger partial charge in [0, 0.05) is 12.7 Å². The third kappa shape index (κ3) is 1.99. The number of fused-ring (bicyclic) bond motifs is 1. The Balaban J connectivity index is 1.84. The average molecular weight is 224 g/mol. The zero-order chi connectivity index (χ0) is 11.5. The fourth-order valence-corrected chi connectivity index (χ4v) is 1.82. The topological polar surface area (TPSA) is 38.1 Å². The smallest absolute Gasteiger partial charge is 0.139 e. The van der Waals surface area contributed by atoms with Crippen molar-refractivity contribution in [2.75, 3.05) is 5.32 Å².